The molecule has 0 aliphatic carbocycles. The highest BCUT2D eigenvalue weighted by Crippen LogP contribution is 2.23. The van der Waals surface area contributed by atoms with Gasteiger partial charge in [-0.15, -0.1) is 0 Å². The number of ketones is 1. The molecule has 1 saturated heterocycles. The highest BCUT2D eigenvalue weighted by Gasteiger charge is 2.43. The molecule has 1 aliphatic heterocycles. The minimum absolute atomic E-state index is 0.0174. The van der Waals surface area contributed by atoms with Crippen molar-refractivity contribution in [1.29, 1.82) is 0 Å². The smallest absolute Gasteiger partial charge is 0.306 e. The Morgan fingerprint density at radius 1 is 0.846 bits per heavy atom. The summed E-state index contributed by atoms with van der Waals surface area (Å²) in [5.41, 5.74) is 4.56. The van der Waals surface area contributed by atoms with Crippen molar-refractivity contribution >= 4 is 41.3 Å². The number of carbonyl (C=O) groups excluding carboxylic acids is 7. The van der Waals surface area contributed by atoms with Gasteiger partial charge in [0, 0.05) is 32.4 Å². The third-order valence-corrected chi connectivity index (χ3v) is 8.45. The van der Waals surface area contributed by atoms with E-state index in [1.165, 1.54) is 18.9 Å². The van der Waals surface area contributed by atoms with Crippen LogP contribution < -0.4 is 27.0 Å². The van der Waals surface area contributed by atoms with E-state index >= 15 is 0 Å². The van der Waals surface area contributed by atoms with Crippen molar-refractivity contribution in [2.45, 2.75) is 163 Å². The summed E-state index contributed by atoms with van der Waals surface area (Å²) in [6, 6.07) is -5.05. The molecule has 52 heavy (non-hydrogen) atoms. The molecule has 0 unspecified atom stereocenters. The Balaban J connectivity index is 3.41. The van der Waals surface area contributed by atoms with E-state index in [2.05, 4.69) is 21.3 Å². The van der Waals surface area contributed by atoms with Crippen LogP contribution in [0.3, 0.4) is 0 Å². The second kappa shape index (κ2) is 20.0. The average molecular weight is 739 g/mol. The first-order valence-electron chi connectivity index (χ1n) is 18.4. The van der Waals surface area contributed by atoms with Crippen LogP contribution in [0.25, 0.3) is 0 Å². The highest BCUT2D eigenvalue weighted by molar-refractivity contribution is 5.97. The number of esters is 1. The third-order valence-electron chi connectivity index (χ3n) is 8.45. The molecule has 1 fully saturated rings. The molecule has 0 bridgehead atoms. The number of amides is 5. The van der Waals surface area contributed by atoms with Gasteiger partial charge < -0.3 is 41.4 Å². The predicted octanol–water partition coefficient (Wildman–Crippen LogP) is 1.74. The molecule has 1 rings (SSSR count). The number of hydrogen-bond acceptors (Lipinski definition) is 10. The van der Waals surface area contributed by atoms with Crippen molar-refractivity contribution in [3.05, 3.63) is 0 Å². The highest BCUT2D eigenvalue weighted by atomic mass is 16.6. The molecular weight excluding hydrogens is 672 g/mol. The second-order valence-electron chi connectivity index (χ2n) is 16.6. The van der Waals surface area contributed by atoms with Crippen LogP contribution >= 0.6 is 0 Å². The van der Waals surface area contributed by atoms with Crippen molar-refractivity contribution < 1.29 is 43.0 Å². The van der Waals surface area contributed by atoms with E-state index < -0.39 is 101 Å². The zero-order valence-corrected chi connectivity index (χ0v) is 33.6. The largest absolute Gasteiger partial charge is 0.460 e. The van der Waals surface area contributed by atoms with Gasteiger partial charge in [0.2, 0.25) is 29.5 Å². The van der Waals surface area contributed by atoms with Crippen LogP contribution in [0.1, 0.15) is 115 Å². The molecule has 298 valence electrons. The first-order chi connectivity index (χ1) is 23.8. The van der Waals surface area contributed by atoms with E-state index in [4.69, 9.17) is 15.2 Å². The van der Waals surface area contributed by atoms with Crippen molar-refractivity contribution in [1.82, 2.24) is 26.2 Å². The van der Waals surface area contributed by atoms with E-state index in [0.717, 1.165) is 0 Å². The number of Topliss-reactive ketones (excluding diaryl/α,β-unsaturated/α-hetero) is 1. The fourth-order valence-corrected chi connectivity index (χ4v) is 6.09. The van der Waals surface area contributed by atoms with Gasteiger partial charge in [-0.1, -0.05) is 27.7 Å². The van der Waals surface area contributed by atoms with E-state index in [1.807, 2.05) is 34.6 Å². The maximum atomic E-state index is 14.0. The van der Waals surface area contributed by atoms with E-state index in [9.17, 15) is 33.6 Å². The van der Waals surface area contributed by atoms with E-state index in [1.54, 1.807) is 41.5 Å². The van der Waals surface area contributed by atoms with Crippen LogP contribution in [0.2, 0.25) is 0 Å². The topological polar surface area (TPSA) is 215 Å². The van der Waals surface area contributed by atoms with Crippen LogP contribution in [0, 0.1) is 17.8 Å². The molecule has 1 aliphatic rings. The van der Waals surface area contributed by atoms with Crippen LogP contribution in [0.4, 0.5) is 0 Å². The summed E-state index contributed by atoms with van der Waals surface area (Å²) in [6.45, 7) is 21.3. The second-order valence-corrected chi connectivity index (χ2v) is 16.6. The Hall–Kier alpha value is -3.59. The molecule has 7 atom stereocenters. The molecule has 15 nitrogen and oxygen atoms in total. The molecule has 15 heteroatoms. The van der Waals surface area contributed by atoms with Crippen LogP contribution in [0.15, 0.2) is 0 Å². The van der Waals surface area contributed by atoms with Gasteiger partial charge in [-0.25, -0.2) is 0 Å². The van der Waals surface area contributed by atoms with Gasteiger partial charge in [-0.05, 0) is 86.5 Å². The summed E-state index contributed by atoms with van der Waals surface area (Å²) in [7, 11) is 1.45. The zero-order valence-electron chi connectivity index (χ0n) is 33.6. The minimum atomic E-state index is -1.21. The lowest BCUT2D eigenvalue weighted by Gasteiger charge is -2.36. The predicted molar refractivity (Wildman–Crippen MR) is 196 cm³/mol. The van der Waals surface area contributed by atoms with Crippen LogP contribution in [-0.4, -0.2) is 107 Å². The number of carbonyl (C=O) groups is 7. The molecule has 5 amide bonds. The lowest BCUT2D eigenvalue weighted by atomic mass is 9.88. The van der Waals surface area contributed by atoms with Gasteiger partial charge in [0.25, 0.3) is 0 Å². The summed E-state index contributed by atoms with van der Waals surface area (Å²) in [5.74, 6) is -4.93. The van der Waals surface area contributed by atoms with Crippen molar-refractivity contribution in [3.63, 3.8) is 0 Å². The molecule has 0 spiro atoms. The number of nitrogens with one attached hydrogen (secondary N) is 4. The van der Waals surface area contributed by atoms with Gasteiger partial charge in [-0.3, -0.25) is 33.6 Å². The number of ether oxygens (including phenoxy) is 2. The minimum Gasteiger partial charge on any atom is -0.460 e. The van der Waals surface area contributed by atoms with Crippen LogP contribution in [0.5, 0.6) is 0 Å². The maximum absolute atomic E-state index is 14.0. The molecule has 0 radical (unpaired) electrons. The van der Waals surface area contributed by atoms with E-state index in [-0.39, 0.29) is 31.7 Å². The Morgan fingerprint density at radius 3 is 1.90 bits per heavy atom. The zero-order chi connectivity index (χ0) is 40.3. The number of nitrogens with two attached hydrogens (primary N) is 1. The molecule has 6 N–H and O–H groups in total. The fourth-order valence-electron chi connectivity index (χ4n) is 6.09. The van der Waals surface area contributed by atoms with Gasteiger partial charge in [0.15, 0.2) is 5.78 Å². The van der Waals surface area contributed by atoms with Crippen molar-refractivity contribution in [3.8, 4) is 0 Å². The normalized spacial score (nSPS) is 18.6. The van der Waals surface area contributed by atoms with Crippen molar-refractivity contribution in [2.75, 3.05) is 13.6 Å². The summed E-state index contributed by atoms with van der Waals surface area (Å²) in [5, 5.41) is 10.7. The number of likely N-dealkylation sites (N-methyl/N-ethyl adjacent to an activating group) is 1. The fraction of sp³-hybridized carbons (Fsp3) is 0.811. The van der Waals surface area contributed by atoms with Gasteiger partial charge in [-0.2, -0.15) is 0 Å². The third kappa shape index (κ3) is 15.6. The quantitative estimate of drug-likeness (QED) is 0.121. The van der Waals surface area contributed by atoms with E-state index in [0.29, 0.717) is 12.8 Å². The van der Waals surface area contributed by atoms with Gasteiger partial charge in [0.1, 0.15) is 23.7 Å². The average Bonchev–Trinajstić information content (AvgIpc) is 3.31. The number of hydrogen-bond donors (Lipinski definition) is 5. The number of rotatable bonds is 19. The van der Waals surface area contributed by atoms with Crippen molar-refractivity contribution in [2.24, 2.45) is 23.5 Å². The number of likely N-dealkylation sites (tertiary alicyclic amines) is 1. The van der Waals surface area contributed by atoms with Gasteiger partial charge >= 0.3 is 5.97 Å². The first-order valence-corrected chi connectivity index (χ1v) is 18.4. The van der Waals surface area contributed by atoms with Gasteiger partial charge in [0.05, 0.1) is 23.8 Å². The lowest BCUT2D eigenvalue weighted by Crippen LogP contribution is -2.61. The summed E-state index contributed by atoms with van der Waals surface area (Å²) >= 11 is 0. The summed E-state index contributed by atoms with van der Waals surface area (Å²) in [6.07, 6.45) is -0.678. The lowest BCUT2D eigenvalue weighted by molar-refractivity contribution is -0.155. The number of nitrogens with zero attached hydrogens (tertiary/aromatic N) is 1. The molecule has 0 aromatic carbocycles. The Kier molecular flexibility index (Phi) is 17.9. The molecule has 1 heterocycles. The SMILES string of the molecule is CNC(=O)[C@@H](C)NC(=O)[C@H](CC(=O)[C@@H](CCC(=O)OC(C)(C)C)NC(=O)[C@H](NC(=O)[C@@H]([C@@H](C)OC(C)(C)C)N1CC[C@@H](N)C1=O)C(C)C)CC(C)C. The standard InChI is InChI=1S/C37H66N6O9/c1-20(2)18-24(32(47)40-22(5)31(46)39-13)19-27(44)26(14-15-28(45)52-37(10,11)12)41-33(48)29(21(3)4)42-34(49)30(23(6)51-36(7,8)9)43-17-16-25(38)35(43)50/h20-26,29-30H,14-19,38H2,1-13H3,(H,39,46)(H,40,47)(H,41,48)(H,42,49)/t22-,23-,24+,25-,26-,29-,30-/m1/s1. The molecule has 0 saturated carbocycles. The Bertz CT molecular complexity index is 1270. The summed E-state index contributed by atoms with van der Waals surface area (Å²) < 4.78 is 11.5. The maximum Gasteiger partial charge on any atom is 0.306 e. The monoisotopic (exact) mass is 738 g/mol. The molecule has 0 aromatic rings. The molecule has 0 aromatic heterocycles. The Labute approximate surface area is 310 Å². The van der Waals surface area contributed by atoms with Crippen LogP contribution in [-0.2, 0) is 43.0 Å². The molecular formula is C37H66N6O9. The summed E-state index contributed by atoms with van der Waals surface area (Å²) in [4.78, 5) is 94.3. The first kappa shape index (κ1) is 46.4. The Morgan fingerprint density at radius 2 is 1.44 bits per heavy atom.